The molecular formula is C24H25F3N6O3. The smallest absolute Gasteiger partial charge is 0.475 e. The number of alkyl halides is 3. The summed E-state index contributed by atoms with van der Waals surface area (Å²) < 4.78 is 33.8. The first-order valence-electron chi connectivity index (χ1n) is 11.5. The lowest BCUT2D eigenvalue weighted by molar-refractivity contribution is -0.192. The number of hydrogen-bond acceptors (Lipinski definition) is 6. The Morgan fingerprint density at radius 2 is 1.75 bits per heavy atom. The van der Waals surface area contributed by atoms with Gasteiger partial charge in [0, 0.05) is 55.5 Å². The molecular weight excluding hydrogens is 477 g/mol. The average Bonchev–Trinajstić information content (AvgIpc) is 3.31. The number of carbonyl (C=O) groups excluding carboxylic acids is 1. The monoisotopic (exact) mass is 502 g/mol. The van der Waals surface area contributed by atoms with Gasteiger partial charge in [0.15, 0.2) is 0 Å². The van der Waals surface area contributed by atoms with Crippen molar-refractivity contribution >= 4 is 23.5 Å². The summed E-state index contributed by atoms with van der Waals surface area (Å²) in [4.78, 5) is 37.2. The minimum Gasteiger partial charge on any atom is -0.475 e. The van der Waals surface area contributed by atoms with E-state index >= 15 is 0 Å². The molecule has 1 aliphatic carbocycles. The largest absolute Gasteiger partial charge is 0.490 e. The first kappa shape index (κ1) is 25.1. The summed E-state index contributed by atoms with van der Waals surface area (Å²) in [6.45, 7) is 2.91. The van der Waals surface area contributed by atoms with E-state index in [1.165, 1.54) is 25.7 Å². The Bertz CT molecular complexity index is 1190. The van der Waals surface area contributed by atoms with Crippen LogP contribution in [-0.4, -0.2) is 55.8 Å². The fourth-order valence-corrected chi connectivity index (χ4v) is 3.77. The highest BCUT2D eigenvalue weighted by Gasteiger charge is 2.38. The quantitative estimate of drug-likeness (QED) is 0.519. The van der Waals surface area contributed by atoms with Gasteiger partial charge in [-0.3, -0.25) is 9.78 Å². The molecule has 0 aromatic carbocycles. The third-order valence-corrected chi connectivity index (χ3v) is 5.80. The predicted molar refractivity (Wildman–Crippen MR) is 126 cm³/mol. The molecule has 190 valence electrons. The van der Waals surface area contributed by atoms with Crippen LogP contribution in [0.1, 0.15) is 36.2 Å². The van der Waals surface area contributed by atoms with Crippen LogP contribution in [-0.2, 0) is 11.3 Å². The first-order chi connectivity index (χ1) is 17.2. The Hall–Kier alpha value is -3.96. The Balaban J connectivity index is 0.000000384. The molecule has 3 aromatic heterocycles. The Kier molecular flexibility index (Phi) is 7.51. The number of aromatic nitrogens is 4. The number of carboxylic acid groups (broad SMARTS) is 1. The van der Waals surface area contributed by atoms with Crippen LogP contribution >= 0.6 is 0 Å². The van der Waals surface area contributed by atoms with Gasteiger partial charge in [-0.15, -0.1) is 0 Å². The van der Waals surface area contributed by atoms with Crippen LogP contribution in [0.25, 0.3) is 11.1 Å². The van der Waals surface area contributed by atoms with Crippen molar-refractivity contribution in [3.63, 3.8) is 0 Å². The van der Waals surface area contributed by atoms with Crippen molar-refractivity contribution in [1.29, 1.82) is 0 Å². The number of carbonyl (C=O) groups is 2. The number of anilines is 2. The van der Waals surface area contributed by atoms with E-state index in [1.807, 2.05) is 36.8 Å². The molecule has 1 amide bonds. The molecule has 36 heavy (non-hydrogen) atoms. The number of halogens is 3. The number of amides is 1. The molecule has 1 saturated heterocycles. The molecule has 5 rings (SSSR count). The van der Waals surface area contributed by atoms with Crippen LogP contribution in [0.15, 0.2) is 49.2 Å². The molecule has 0 radical (unpaired) electrons. The number of carboxylic acids is 1. The number of hydrogen-bond donors (Lipinski definition) is 2. The molecule has 9 nitrogen and oxygen atoms in total. The molecule has 12 heteroatoms. The second-order valence-corrected chi connectivity index (χ2v) is 8.67. The molecule has 4 heterocycles. The van der Waals surface area contributed by atoms with Crippen molar-refractivity contribution in [2.75, 3.05) is 23.3 Å². The second-order valence-electron chi connectivity index (χ2n) is 8.67. The van der Waals surface area contributed by atoms with E-state index in [9.17, 15) is 18.0 Å². The van der Waals surface area contributed by atoms with Crippen molar-refractivity contribution in [1.82, 2.24) is 19.5 Å². The van der Waals surface area contributed by atoms with E-state index in [1.54, 1.807) is 12.4 Å². The van der Waals surface area contributed by atoms with Crippen molar-refractivity contribution in [3.8, 4) is 11.1 Å². The van der Waals surface area contributed by atoms with Gasteiger partial charge in [0.2, 0.25) is 5.95 Å². The van der Waals surface area contributed by atoms with E-state index in [-0.39, 0.29) is 5.91 Å². The van der Waals surface area contributed by atoms with Crippen LogP contribution in [0, 0.1) is 5.92 Å². The Morgan fingerprint density at radius 1 is 1.08 bits per heavy atom. The molecule has 0 spiro atoms. The molecule has 0 atom stereocenters. The third-order valence-electron chi connectivity index (χ3n) is 5.80. The van der Waals surface area contributed by atoms with Gasteiger partial charge in [0.1, 0.15) is 5.69 Å². The van der Waals surface area contributed by atoms with Crippen LogP contribution in [0.3, 0.4) is 0 Å². The zero-order chi connectivity index (χ0) is 25.7. The SMILES string of the molecule is O=C(Nc1cccnc1)c1cc(-c2cnc(N3CCCC3)nc2)cn1CC1CC1.O=C(O)C(F)(F)F. The number of rotatable bonds is 6. The van der Waals surface area contributed by atoms with Gasteiger partial charge in [0.25, 0.3) is 5.91 Å². The maximum Gasteiger partial charge on any atom is 0.490 e. The third kappa shape index (κ3) is 6.58. The molecule has 2 fully saturated rings. The van der Waals surface area contributed by atoms with Gasteiger partial charge >= 0.3 is 12.1 Å². The van der Waals surface area contributed by atoms with E-state index in [2.05, 4.69) is 29.7 Å². The maximum atomic E-state index is 12.9. The first-order valence-corrected chi connectivity index (χ1v) is 11.5. The summed E-state index contributed by atoms with van der Waals surface area (Å²) in [5, 5.41) is 10.1. The van der Waals surface area contributed by atoms with Gasteiger partial charge < -0.3 is 19.9 Å². The summed E-state index contributed by atoms with van der Waals surface area (Å²) in [7, 11) is 0. The number of nitrogens with zero attached hydrogens (tertiary/aromatic N) is 5. The number of nitrogens with one attached hydrogen (secondary N) is 1. The van der Waals surface area contributed by atoms with E-state index in [0.29, 0.717) is 17.3 Å². The predicted octanol–water partition coefficient (Wildman–Crippen LogP) is 4.24. The fraction of sp³-hybridized carbons (Fsp3) is 0.375. The average molecular weight is 502 g/mol. The summed E-state index contributed by atoms with van der Waals surface area (Å²) >= 11 is 0. The van der Waals surface area contributed by atoms with Gasteiger partial charge in [0.05, 0.1) is 11.9 Å². The number of aliphatic carboxylic acids is 1. The van der Waals surface area contributed by atoms with E-state index in [0.717, 1.165) is 36.7 Å². The topological polar surface area (TPSA) is 113 Å². The number of pyridine rings is 1. The molecule has 0 unspecified atom stereocenters. The normalized spacial score (nSPS) is 15.2. The van der Waals surface area contributed by atoms with Crippen LogP contribution < -0.4 is 10.2 Å². The van der Waals surface area contributed by atoms with Crippen molar-refractivity contribution < 1.29 is 27.9 Å². The Labute approximate surface area is 205 Å². The van der Waals surface area contributed by atoms with Crippen molar-refractivity contribution in [2.45, 2.75) is 38.4 Å². The van der Waals surface area contributed by atoms with E-state index < -0.39 is 12.1 Å². The minimum atomic E-state index is -5.08. The standard InChI is InChI=1S/C22H24N6O.C2HF3O2/c29-21(26-19-4-3-7-23-13-19)20-10-17(15-28(20)14-16-5-6-16)18-11-24-22(25-12-18)27-8-1-2-9-27;3-2(4,5)1(6)7/h3-4,7,10-13,15-16H,1-2,5-6,8-9,14H2,(H,26,29);(H,6,7). The highest BCUT2D eigenvalue weighted by molar-refractivity contribution is 6.04. The summed E-state index contributed by atoms with van der Waals surface area (Å²) in [5.41, 5.74) is 3.24. The molecule has 2 N–H and O–H groups in total. The highest BCUT2D eigenvalue weighted by atomic mass is 19.4. The highest BCUT2D eigenvalue weighted by Crippen LogP contribution is 2.33. The molecule has 0 bridgehead atoms. The zero-order valence-electron chi connectivity index (χ0n) is 19.3. The van der Waals surface area contributed by atoms with Crippen LogP contribution in [0.4, 0.5) is 24.8 Å². The summed E-state index contributed by atoms with van der Waals surface area (Å²) in [5.74, 6) is -1.43. The summed E-state index contributed by atoms with van der Waals surface area (Å²) in [6.07, 6.45) is 8.88. The second kappa shape index (κ2) is 10.8. The zero-order valence-corrected chi connectivity index (χ0v) is 19.3. The lowest BCUT2D eigenvalue weighted by Gasteiger charge is -2.14. The van der Waals surface area contributed by atoms with E-state index in [4.69, 9.17) is 9.90 Å². The van der Waals surface area contributed by atoms with Crippen molar-refractivity contribution in [2.24, 2.45) is 5.92 Å². The molecule has 3 aromatic rings. The van der Waals surface area contributed by atoms with Gasteiger partial charge in [-0.05, 0) is 49.8 Å². The van der Waals surface area contributed by atoms with Gasteiger partial charge in [-0.25, -0.2) is 14.8 Å². The molecule has 1 saturated carbocycles. The van der Waals surface area contributed by atoms with Crippen LogP contribution in [0.2, 0.25) is 0 Å². The lowest BCUT2D eigenvalue weighted by atomic mass is 10.2. The lowest BCUT2D eigenvalue weighted by Crippen LogP contribution is -2.21. The molecule has 2 aliphatic rings. The maximum absolute atomic E-state index is 12.9. The molecule has 1 aliphatic heterocycles. The summed E-state index contributed by atoms with van der Waals surface area (Å²) in [6, 6.07) is 5.58. The fourth-order valence-electron chi connectivity index (χ4n) is 3.77. The van der Waals surface area contributed by atoms with Gasteiger partial charge in [-0.1, -0.05) is 0 Å². The Morgan fingerprint density at radius 3 is 2.31 bits per heavy atom. The van der Waals surface area contributed by atoms with Gasteiger partial charge in [-0.2, -0.15) is 13.2 Å². The van der Waals surface area contributed by atoms with Crippen LogP contribution in [0.5, 0.6) is 0 Å². The van der Waals surface area contributed by atoms with Crippen molar-refractivity contribution in [3.05, 3.63) is 54.9 Å². The minimum absolute atomic E-state index is 0.125.